The van der Waals surface area contributed by atoms with Crippen molar-refractivity contribution in [3.63, 3.8) is 0 Å². The first-order valence-corrected chi connectivity index (χ1v) is 6.98. The van der Waals surface area contributed by atoms with Gasteiger partial charge in [0.15, 0.2) is 5.11 Å². The number of carbonyl (C=O) groups is 1. The number of hydrogen-bond acceptors (Lipinski definition) is 5. The molecule has 1 atom stereocenters. The van der Waals surface area contributed by atoms with Crippen LogP contribution in [-0.4, -0.2) is 44.9 Å². The Hall–Kier alpha value is -2.06. The Bertz CT molecular complexity index is 563. The van der Waals surface area contributed by atoms with Gasteiger partial charge in [-0.3, -0.25) is 20.1 Å². The quantitative estimate of drug-likeness (QED) is 0.408. The lowest BCUT2D eigenvalue weighted by Gasteiger charge is -2.20. The van der Waals surface area contributed by atoms with Gasteiger partial charge in [-0.2, -0.15) is 5.10 Å². The second kappa shape index (κ2) is 7.09. The number of carboxylic acid groups (broad SMARTS) is 1. The third-order valence-corrected chi connectivity index (χ3v) is 3.30. The summed E-state index contributed by atoms with van der Waals surface area (Å²) >= 11 is 4.64. The van der Waals surface area contributed by atoms with E-state index in [-0.39, 0.29) is 5.11 Å². The average Bonchev–Trinajstić information content (AvgIpc) is 2.87. The molecule has 4 N–H and O–H groups in total. The predicted octanol–water partition coefficient (Wildman–Crippen LogP) is 0.298. The van der Waals surface area contributed by atoms with E-state index in [4.69, 9.17) is 10.8 Å². The number of rotatable bonds is 5. The first kappa shape index (κ1) is 15.3. The van der Waals surface area contributed by atoms with Gasteiger partial charge in [-0.25, -0.2) is 0 Å². The highest BCUT2D eigenvalue weighted by Gasteiger charge is 2.30. The van der Waals surface area contributed by atoms with Gasteiger partial charge in [0.05, 0.1) is 17.6 Å². The van der Waals surface area contributed by atoms with E-state index < -0.39 is 12.0 Å². The average molecular weight is 307 g/mol. The molecular weight excluding hydrogens is 290 g/mol. The van der Waals surface area contributed by atoms with Gasteiger partial charge in [-0.1, -0.05) is 6.07 Å². The van der Waals surface area contributed by atoms with Crippen molar-refractivity contribution in [3.8, 4) is 0 Å². The van der Waals surface area contributed by atoms with Gasteiger partial charge in [-0.15, -0.1) is 0 Å². The monoisotopic (exact) mass is 307 g/mol. The predicted molar refractivity (Wildman–Crippen MR) is 82.8 cm³/mol. The maximum atomic E-state index is 11.2. The molecule has 0 aliphatic carbocycles. The third-order valence-electron chi connectivity index (χ3n) is 3.21. The van der Waals surface area contributed by atoms with E-state index in [1.54, 1.807) is 6.07 Å². The number of hydrogen-bond donors (Lipinski definition) is 3. The highest BCUT2D eigenvalue weighted by atomic mass is 32.1. The second-order valence-electron chi connectivity index (χ2n) is 4.75. The number of nitrogens with one attached hydrogen (secondary N) is 1. The molecule has 0 spiro atoms. The zero-order chi connectivity index (χ0) is 15.2. The number of hydrazone groups is 1. The fourth-order valence-corrected chi connectivity index (χ4v) is 2.38. The zero-order valence-electron chi connectivity index (χ0n) is 11.4. The highest BCUT2D eigenvalue weighted by Crippen LogP contribution is 2.19. The fourth-order valence-electron chi connectivity index (χ4n) is 2.32. The topological polar surface area (TPSA) is 104 Å². The van der Waals surface area contributed by atoms with Crippen molar-refractivity contribution in [2.24, 2.45) is 10.8 Å². The normalized spacial score (nSPS) is 19.0. The van der Waals surface area contributed by atoms with Crippen LogP contribution in [0.2, 0.25) is 0 Å². The van der Waals surface area contributed by atoms with Crippen LogP contribution in [0.15, 0.2) is 23.3 Å². The molecule has 7 nitrogen and oxygen atoms in total. The summed E-state index contributed by atoms with van der Waals surface area (Å²) in [7, 11) is 0. The van der Waals surface area contributed by atoms with E-state index in [1.165, 1.54) is 6.21 Å². The van der Waals surface area contributed by atoms with Crippen LogP contribution in [0, 0.1) is 0 Å². The molecule has 2 heterocycles. The summed E-state index contributed by atoms with van der Waals surface area (Å²) in [6.45, 7) is 1.29. The van der Waals surface area contributed by atoms with Crippen molar-refractivity contribution in [3.05, 3.63) is 29.6 Å². The lowest BCUT2D eigenvalue weighted by Crippen LogP contribution is -2.35. The van der Waals surface area contributed by atoms with E-state index in [9.17, 15) is 4.79 Å². The van der Waals surface area contributed by atoms with E-state index in [0.29, 0.717) is 18.7 Å². The Kier molecular flexibility index (Phi) is 5.18. The molecule has 1 aromatic rings. The Labute approximate surface area is 127 Å². The molecule has 1 aliphatic rings. The maximum absolute atomic E-state index is 11.2. The molecule has 8 heteroatoms. The number of nitrogens with two attached hydrogens (primary N) is 1. The number of likely N-dealkylation sites (tertiary alicyclic amines) is 1. The van der Waals surface area contributed by atoms with E-state index >= 15 is 0 Å². The Morgan fingerprint density at radius 1 is 1.67 bits per heavy atom. The largest absolute Gasteiger partial charge is 0.480 e. The molecule has 0 amide bonds. The van der Waals surface area contributed by atoms with E-state index in [1.807, 2.05) is 17.0 Å². The molecule has 0 aromatic carbocycles. The first-order valence-electron chi connectivity index (χ1n) is 6.57. The van der Waals surface area contributed by atoms with Gasteiger partial charge in [0, 0.05) is 6.54 Å². The zero-order valence-corrected chi connectivity index (χ0v) is 12.2. The van der Waals surface area contributed by atoms with Gasteiger partial charge in [0.25, 0.3) is 0 Å². The highest BCUT2D eigenvalue weighted by molar-refractivity contribution is 7.80. The molecule has 1 aromatic heterocycles. The van der Waals surface area contributed by atoms with Gasteiger partial charge in [-0.05, 0) is 43.7 Å². The molecule has 0 bridgehead atoms. The van der Waals surface area contributed by atoms with Crippen molar-refractivity contribution in [2.45, 2.75) is 25.4 Å². The number of carboxylic acids is 1. The summed E-state index contributed by atoms with van der Waals surface area (Å²) in [5, 5.41) is 13.1. The van der Waals surface area contributed by atoms with Gasteiger partial charge < -0.3 is 10.8 Å². The number of nitrogens with zero attached hydrogens (tertiary/aromatic N) is 3. The summed E-state index contributed by atoms with van der Waals surface area (Å²) < 4.78 is 0. The van der Waals surface area contributed by atoms with Crippen molar-refractivity contribution in [2.75, 3.05) is 6.54 Å². The Morgan fingerprint density at radius 2 is 2.48 bits per heavy atom. The summed E-state index contributed by atoms with van der Waals surface area (Å²) in [5.41, 5.74) is 9.18. The van der Waals surface area contributed by atoms with Crippen LogP contribution in [0.5, 0.6) is 0 Å². The van der Waals surface area contributed by atoms with Crippen LogP contribution in [0.4, 0.5) is 0 Å². The summed E-state index contributed by atoms with van der Waals surface area (Å²) in [5.74, 6) is -0.772. The minimum atomic E-state index is -0.772. The molecule has 0 saturated carbocycles. The van der Waals surface area contributed by atoms with E-state index in [0.717, 1.165) is 18.7 Å². The molecule has 1 fully saturated rings. The molecular formula is C13H17N5O2S. The first-order chi connectivity index (χ1) is 10.1. The van der Waals surface area contributed by atoms with Crippen LogP contribution in [0.25, 0.3) is 0 Å². The van der Waals surface area contributed by atoms with Crippen molar-refractivity contribution in [1.29, 1.82) is 0 Å². The number of thiocarbonyl (C=S) groups is 1. The molecule has 112 valence electrons. The van der Waals surface area contributed by atoms with Crippen molar-refractivity contribution >= 4 is 29.5 Å². The van der Waals surface area contributed by atoms with Gasteiger partial charge >= 0.3 is 5.97 Å². The standard InChI is InChI=1S/C13H17N5O2S/c14-13(21)17-15-7-9-3-1-4-10(16-9)8-18-6-2-5-11(18)12(19)20/h1,3-4,7,11H,2,5-6,8H2,(H,19,20)(H3,14,17,21)/b15-7+/t11-/m1/s1. The lowest BCUT2D eigenvalue weighted by atomic mass is 10.2. The fraction of sp³-hybridized carbons (Fsp3) is 0.385. The van der Waals surface area contributed by atoms with Crippen LogP contribution in [-0.2, 0) is 11.3 Å². The Balaban J connectivity index is 2.02. The summed E-state index contributed by atoms with van der Waals surface area (Å²) in [6.07, 6.45) is 3.10. The third kappa shape index (κ3) is 4.47. The number of aliphatic carboxylic acids is 1. The maximum Gasteiger partial charge on any atom is 0.320 e. The summed E-state index contributed by atoms with van der Waals surface area (Å²) in [4.78, 5) is 17.5. The summed E-state index contributed by atoms with van der Waals surface area (Å²) in [6, 6.07) is 5.11. The molecule has 0 radical (unpaired) electrons. The minimum absolute atomic E-state index is 0.0868. The second-order valence-corrected chi connectivity index (χ2v) is 5.19. The SMILES string of the molecule is NC(=S)N/N=C/c1cccc(CN2CCC[C@@H]2C(=O)O)n1. The van der Waals surface area contributed by atoms with Crippen LogP contribution < -0.4 is 11.2 Å². The molecule has 0 unspecified atom stereocenters. The number of aromatic nitrogens is 1. The molecule has 1 saturated heterocycles. The van der Waals surface area contributed by atoms with Crippen LogP contribution in [0.3, 0.4) is 0 Å². The molecule has 1 aliphatic heterocycles. The molecule has 21 heavy (non-hydrogen) atoms. The van der Waals surface area contributed by atoms with Crippen LogP contribution in [0.1, 0.15) is 24.2 Å². The van der Waals surface area contributed by atoms with Crippen LogP contribution >= 0.6 is 12.2 Å². The smallest absolute Gasteiger partial charge is 0.320 e. The van der Waals surface area contributed by atoms with Gasteiger partial charge in [0.1, 0.15) is 6.04 Å². The van der Waals surface area contributed by atoms with Gasteiger partial charge in [0.2, 0.25) is 0 Å². The molecule has 2 rings (SSSR count). The lowest BCUT2D eigenvalue weighted by molar-refractivity contribution is -0.142. The Morgan fingerprint density at radius 3 is 3.19 bits per heavy atom. The van der Waals surface area contributed by atoms with Crippen molar-refractivity contribution < 1.29 is 9.90 Å². The van der Waals surface area contributed by atoms with Crippen molar-refractivity contribution in [1.82, 2.24) is 15.3 Å². The van der Waals surface area contributed by atoms with E-state index in [2.05, 4.69) is 27.7 Å². The minimum Gasteiger partial charge on any atom is -0.480 e. The number of pyridine rings is 1.